The van der Waals surface area contributed by atoms with Crippen molar-refractivity contribution in [3.05, 3.63) is 35.1 Å². The van der Waals surface area contributed by atoms with E-state index in [0.717, 1.165) is 6.07 Å². The highest BCUT2D eigenvalue weighted by Crippen LogP contribution is 2.12. The first-order chi connectivity index (χ1) is 9.99. The quantitative estimate of drug-likeness (QED) is 0.657. The fraction of sp³-hybridized carbons (Fsp3) is 0.333. The van der Waals surface area contributed by atoms with Crippen LogP contribution in [0.15, 0.2) is 18.2 Å². The Bertz CT molecular complexity index is 590. The Morgan fingerprint density at radius 2 is 2.14 bits per heavy atom. The zero-order valence-corrected chi connectivity index (χ0v) is 12.0. The molecule has 112 valence electrons. The molecule has 1 aromatic rings. The molecular weight excluding hydrogens is 275 g/mol. The van der Waals surface area contributed by atoms with Gasteiger partial charge < -0.3 is 15.4 Å². The second-order valence-corrected chi connectivity index (χ2v) is 4.16. The van der Waals surface area contributed by atoms with E-state index in [1.165, 1.54) is 24.1 Å². The van der Waals surface area contributed by atoms with Gasteiger partial charge in [-0.2, -0.15) is 0 Å². The minimum atomic E-state index is -0.509. The molecule has 5 nitrogen and oxygen atoms in total. The Morgan fingerprint density at radius 3 is 2.76 bits per heavy atom. The maximum Gasteiger partial charge on any atom is 0.325 e. The molecule has 1 aromatic carbocycles. The summed E-state index contributed by atoms with van der Waals surface area (Å²) in [6.45, 7) is 1.83. The molecule has 21 heavy (non-hydrogen) atoms. The number of halogens is 1. The van der Waals surface area contributed by atoms with Crippen molar-refractivity contribution in [3.8, 4) is 11.8 Å². The number of rotatable bonds is 4. The van der Waals surface area contributed by atoms with E-state index >= 15 is 0 Å². The van der Waals surface area contributed by atoms with E-state index in [9.17, 15) is 14.0 Å². The third-order valence-corrected chi connectivity index (χ3v) is 2.56. The van der Waals surface area contributed by atoms with Gasteiger partial charge in [-0.05, 0) is 25.1 Å². The third-order valence-electron chi connectivity index (χ3n) is 2.56. The summed E-state index contributed by atoms with van der Waals surface area (Å²) < 4.78 is 18.0. The predicted molar refractivity (Wildman–Crippen MR) is 75.9 cm³/mol. The molecule has 0 bridgehead atoms. The third kappa shape index (κ3) is 4.89. The van der Waals surface area contributed by atoms with Crippen molar-refractivity contribution in [2.75, 3.05) is 26.7 Å². The molecule has 0 aliphatic carbocycles. The molecule has 0 spiro atoms. The lowest BCUT2D eigenvalue weighted by atomic mass is 10.1. The molecule has 1 rings (SSSR count). The van der Waals surface area contributed by atoms with Crippen LogP contribution in [-0.4, -0.2) is 43.5 Å². The van der Waals surface area contributed by atoms with Crippen LogP contribution in [0.2, 0.25) is 0 Å². The number of nitrogens with two attached hydrogens (primary N) is 1. The van der Waals surface area contributed by atoms with E-state index in [0.29, 0.717) is 0 Å². The maximum absolute atomic E-state index is 13.3. The van der Waals surface area contributed by atoms with Gasteiger partial charge in [0.05, 0.1) is 18.7 Å². The van der Waals surface area contributed by atoms with E-state index < -0.39 is 17.7 Å². The van der Waals surface area contributed by atoms with Crippen LogP contribution in [0, 0.1) is 17.7 Å². The molecule has 0 saturated carbocycles. The topological polar surface area (TPSA) is 72.6 Å². The predicted octanol–water partition coefficient (Wildman–Crippen LogP) is 0.771. The van der Waals surface area contributed by atoms with E-state index in [4.69, 9.17) is 10.5 Å². The monoisotopic (exact) mass is 292 g/mol. The molecule has 0 aliphatic heterocycles. The minimum Gasteiger partial charge on any atom is -0.465 e. The summed E-state index contributed by atoms with van der Waals surface area (Å²) in [4.78, 5) is 24.8. The van der Waals surface area contributed by atoms with Crippen LogP contribution >= 0.6 is 0 Å². The molecule has 0 unspecified atom stereocenters. The lowest BCUT2D eigenvalue weighted by Gasteiger charge is -2.17. The molecular formula is C15H17FN2O3. The molecule has 0 saturated heterocycles. The number of ether oxygens (including phenoxy) is 1. The SMILES string of the molecule is CCOC(=O)CN(C)C(=O)c1ccc(F)cc1C#CCN. The van der Waals surface area contributed by atoms with Crippen molar-refractivity contribution in [1.29, 1.82) is 0 Å². The average molecular weight is 292 g/mol. The molecule has 2 N–H and O–H groups in total. The fourth-order valence-electron chi connectivity index (χ4n) is 1.63. The summed E-state index contributed by atoms with van der Waals surface area (Å²) in [5.74, 6) is 3.78. The highest BCUT2D eigenvalue weighted by atomic mass is 19.1. The van der Waals surface area contributed by atoms with Gasteiger partial charge in [-0.25, -0.2) is 4.39 Å². The number of likely N-dealkylation sites (N-methyl/N-ethyl adjacent to an activating group) is 1. The van der Waals surface area contributed by atoms with E-state index in [2.05, 4.69) is 11.8 Å². The van der Waals surface area contributed by atoms with Gasteiger partial charge in [-0.1, -0.05) is 11.8 Å². The Labute approximate surface area is 122 Å². The Morgan fingerprint density at radius 1 is 1.43 bits per heavy atom. The van der Waals surface area contributed by atoms with Gasteiger partial charge in [0.1, 0.15) is 12.4 Å². The van der Waals surface area contributed by atoms with Crippen LogP contribution in [0.25, 0.3) is 0 Å². The van der Waals surface area contributed by atoms with Crippen LogP contribution in [0.3, 0.4) is 0 Å². The minimum absolute atomic E-state index is 0.100. The Balaban J connectivity index is 2.98. The number of carbonyl (C=O) groups is 2. The summed E-state index contributed by atoms with van der Waals surface area (Å²) in [5, 5.41) is 0. The van der Waals surface area contributed by atoms with Gasteiger partial charge >= 0.3 is 5.97 Å². The lowest BCUT2D eigenvalue weighted by Crippen LogP contribution is -2.33. The van der Waals surface area contributed by atoms with Crippen LogP contribution < -0.4 is 5.73 Å². The van der Waals surface area contributed by atoms with Gasteiger partial charge in [0.25, 0.3) is 5.91 Å². The Hall–Kier alpha value is -2.39. The molecule has 0 aliphatic rings. The van der Waals surface area contributed by atoms with E-state index in [1.807, 2.05) is 0 Å². The summed E-state index contributed by atoms with van der Waals surface area (Å²) >= 11 is 0. The highest BCUT2D eigenvalue weighted by Gasteiger charge is 2.18. The van der Waals surface area contributed by atoms with E-state index in [1.54, 1.807) is 6.92 Å². The van der Waals surface area contributed by atoms with Gasteiger partial charge in [-0.3, -0.25) is 9.59 Å². The van der Waals surface area contributed by atoms with Gasteiger partial charge in [0, 0.05) is 12.6 Å². The molecule has 0 heterocycles. The number of hydrogen-bond acceptors (Lipinski definition) is 4. The summed E-state index contributed by atoms with van der Waals surface area (Å²) in [5.41, 5.74) is 5.73. The summed E-state index contributed by atoms with van der Waals surface area (Å²) in [6.07, 6.45) is 0. The molecule has 0 aromatic heterocycles. The first-order valence-corrected chi connectivity index (χ1v) is 6.39. The number of amides is 1. The number of carbonyl (C=O) groups excluding carboxylic acids is 2. The standard InChI is InChI=1S/C15H17FN2O3/c1-3-21-14(19)10-18(2)15(20)13-7-6-12(16)9-11(13)5-4-8-17/h6-7,9H,3,8,10,17H2,1-2H3. The first kappa shape index (κ1) is 16.7. The zero-order valence-electron chi connectivity index (χ0n) is 12.0. The van der Waals surface area contributed by atoms with Gasteiger partial charge in [-0.15, -0.1) is 0 Å². The van der Waals surface area contributed by atoms with Crippen molar-refractivity contribution in [3.63, 3.8) is 0 Å². The largest absolute Gasteiger partial charge is 0.465 e. The van der Waals surface area contributed by atoms with Crippen molar-refractivity contribution in [1.82, 2.24) is 4.90 Å². The van der Waals surface area contributed by atoms with E-state index in [-0.39, 0.29) is 30.8 Å². The first-order valence-electron chi connectivity index (χ1n) is 6.39. The van der Waals surface area contributed by atoms with Gasteiger partial charge in [0.2, 0.25) is 0 Å². The molecule has 0 radical (unpaired) electrons. The van der Waals surface area contributed by atoms with Crippen molar-refractivity contribution >= 4 is 11.9 Å². The molecule has 1 amide bonds. The normalized spacial score (nSPS) is 9.52. The Kier molecular flexibility index (Phi) is 6.37. The van der Waals surface area contributed by atoms with Crippen LogP contribution in [-0.2, 0) is 9.53 Å². The number of nitrogens with zero attached hydrogens (tertiary/aromatic N) is 1. The number of esters is 1. The lowest BCUT2D eigenvalue weighted by molar-refractivity contribution is -0.143. The van der Waals surface area contributed by atoms with Crippen molar-refractivity contribution in [2.45, 2.75) is 6.92 Å². The van der Waals surface area contributed by atoms with Gasteiger partial charge in [0.15, 0.2) is 0 Å². The highest BCUT2D eigenvalue weighted by molar-refractivity contribution is 5.98. The van der Waals surface area contributed by atoms with Crippen molar-refractivity contribution in [2.24, 2.45) is 5.73 Å². The van der Waals surface area contributed by atoms with Crippen LogP contribution in [0.1, 0.15) is 22.8 Å². The maximum atomic E-state index is 13.3. The molecule has 0 atom stereocenters. The van der Waals surface area contributed by atoms with Crippen molar-refractivity contribution < 1.29 is 18.7 Å². The number of benzene rings is 1. The second-order valence-electron chi connectivity index (χ2n) is 4.16. The summed E-state index contributed by atoms with van der Waals surface area (Å²) in [7, 11) is 1.46. The summed E-state index contributed by atoms with van der Waals surface area (Å²) in [6, 6.07) is 3.66. The zero-order chi connectivity index (χ0) is 15.8. The smallest absolute Gasteiger partial charge is 0.325 e. The van der Waals surface area contributed by atoms with Crippen LogP contribution in [0.4, 0.5) is 4.39 Å². The molecule has 0 fully saturated rings. The number of hydrogen-bond donors (Lipinski definition) is 1. The molecule has 6 heteroatoms. The average Bonchev–Trinajstić information content (AvgIpc) is 2.44. The second kappa shape index (κ2) is 8.02. The van der Waals surface area contributed by atoms with Crippen LogP contribution in [0.5, 0.6) is 0 Å². The fourth-order valence-corrected chi connectivity index (χ4v) is 1.63.